The highest BCUT2D eigenvalue weighted by Gasteiger charge is 2.33. The van der Waals surface area contributed by atoms with Crippen LogP contribution in [0.4, 0.5) is 14.5 Å². The molecule has 0 unspecified atom stereocenters. The van der Waals surface area contributed by atoms with Crippen molar-refractivity contribution < 1.29 is 13.6 Å². The minimum atomic E-state index is -1.75. The van der Waals surface area contributed by atoms with Crippen molar-refractivity contribution in [3.05, 3.63) is 35.9 Å². The van der Waals surface area contributed by atoms with Crippen molar-refractivity contribution in [1.82, 2.24) is 0 Å². The number of benzene rings is 1. The lowest BCUT2D eigenvalue weighted by Gasteiger charge is -2.26. The molecule has 0 bridgehead atoms. The van der Waals surface area contributed by atoms with Gasteiger partial charge in [-0.15, -0.1) is 0 Å². The summed E-state index contributed by atoms with van der Waals surface area (Å²) in [5, 5.41) is 2.70. The summed E-state index contributed by atoms with van der Waals surface area (Å²) in [7, 11) is 0. The molecule has 1 aromatic rings. The molecular formula is C14H15F2NO. The second kappa shape index (κ2) is 5.29. The van der Waals surface area contributed by atoms with Crippen LogP contribution in [-0.2, 0) is 4.79 Å². The molecular weight excluding hydrogens is 236 g/mol. The lowest BCUT2D eigenvalue weighted by atomic mass is 9.84. The average Bonchev–Trinajstić information content (AvgIpc) is 2.35. The van der Waals surface area contributed by atoms with Gasteiger partial charge in [-0.05, 0) is 12.5 Å². The summed E-state index contributed by atoms with van der Waals surface area (Å²) in [5.74, 6) is -1.06. The number of para-hydroxylation sites is 1. The van der Waals surface area contributed by atoms with Crippen molar-refractivity contribution in [2.45, 2.75) is 26.2 Å². The van der Waals surface area contributed by atoms with Gasteiger partial charge in [0, 0.05) is 16.8 Å². The fraction of sp³-hybridized carbons (Fsp3) is 0.357. The van der Waals surface area contributed by atoms with Crippen LogP contribution in [0.2, 0.25) is 0 Å². The fourth-order valence-corrected chi connectivity index (χ4v) is 2.28. The first-order chi connectivity index (χ1) is 8.65. The van der Waals surface area contributed by atoms with E-state index in [1.165, 1.54) is 0 Å². The highest BCUT2D eigenvalue weighted by Crippen LogP contribution is 2.40. The molecule has 1 aromatic carbocycles. The van der Waals surface area contributed by atoms with Crippen LogP contribution in [0, 0.1) is 5.92 Å². The largest absolute Gasteiger partial charge is 0.325 e. The summed E-state index contributed by atoms with van der Waals surface area (Å²) in [4.78, 5) is 11.9. The van der Waals surface area contributed by atoms with Gasteiger partial charge in [0.1, 0.15) is 0 Å². The zero-order chi connectivity index (χ0) is 13.1. The van der Waals surface area contributed by atoms with Gasteiger partial charge in [-0.3, -0.25) is 4.79 Å². The molecule has 96 valence electrons. The van der Waals surface area contributed by atoms with Crippen LogP contribution in [0.15, 0.2) is 30.3 Å². The zero-order valence-electron chi connectivity index (χ0n) is 10.2. The van der Waals surface area contributed by atoms with Gasteiger partial charge in [-0.2, -0.15) is 8.78 Å². The van der Waals surface area contributed by atoms with E-state index in [1.54, 1.807) is 24.3 Å². The van der Waals surface area contributed by atoms with Gasteiger partial charge in [-0.25, -0.2) is 0 Å². The van der Waals surface area contributed by atoms with E-state index < -0.39 is 12.0 Å². The van der Waals surface area contributed by atoms with E-state index in [1.807, 2.05) is 6.92 Å². The SMILES string of the molecule is CCCC[C@@H]1C(=O)Nc2ccccc2C1=C(F)F. The van der Waals surface area contributed by atoms with Crippen LogP contribution < -0.4 is 5.32 Å². The summed E-state index contributed by atoms with van der Waals surface area (Å²) in [6.45, 7) is 1.98. The number of carbonyl (C=O) groups is 1. The van der Waals surface area contributed by atoms with E-state index in [4.69, 9.17) is 0 Å². The van der Waals surface area contributed by atoms with E-state index in [0.717, 1.165) is 12.8 Å². The number of rotatable bonds is 3. The monoisotopic (exact) mass is 251 g/mol. The summed E-state index contributed by atoms with van der Waals surface area (Å²) in [6, 6.07) is 6.70. The predicted octanol–water partition coefficient (Wildman–Crippen LogP) is 4.05. The Bertz CT molecular complexity index is 492. The topological polar surface area (TPSA) is 29.1 Å². The Morgan fingerprint density at radius 1 is 1.33 bits per heavy atom. The Morgan fingerprint density at radius 2 is 2.06 bits per heavy atom. The third kappa shape index (κ3) is 2.28. The number of hydrogen-bond acceptors (Lipinski definition) is 1. The fourth-order valence-electron chi connectivity index (χ4n) is 2.28. The van der Waals surface area contributed by atoms with Crippen LogP contribution in [0.5, 0.6) is 0 Å². The maximum atomic E-state index is 13.1. The Balaban J connectivity index is 2.45. The minimum absolute atomic E-state index is 0.109. The van der Waals surface area contributed by atoms with Crippen LogP contribution in [-0.4, -0.2) is 5.91 Å². The molecule has 0 aliphatic carbocycles. The molecule has 2 rings (SSSR count). The number of hydrogen-bond donors (Lipinski definition) is 1. The van der Waals surface area contributed by atoms with E-state index in [2.05, 4.69) is 5.32 Å². The maximum Gasteiger partial charge on any atom is 0.274 e. The molecule has 1 amide bonds. The Labute approximate surface area is 105 Å². The first-order valence-corrected chi connectivity index (χ1v) is 6.10. The van der Waals surface area contributed by atoms with Gasteiger partial charge < -0.3 is 5.32 Å². The van der Waals surface area contributed by atoms with Gasteiger partial charge in [0.15, 0.2) is 0 Å². The molecule has 0 spiro atoms. The summed E-state index contributed by atoms with van der Waals surface area (Å²) >= 11 is 0. The van der Waals surface area contributed by atoms with Gasteiger partial charge in [0.05, 0.1) is 5.92 Å². The van der Waals surface area contributed by atoms with Crippen molar-refractivity contribution in [1.29, 1.82) is 0 Å². The molecule has 1 heterocycles. The zero-order valence-corrected chi connectivity index (χ0v) is 10.2. The molecule has 2 nitrogen and oxygen atoms in total. The van der Waals surface area contributed by atoms with Crippen molar-refractivity contribution in [2.24, 2.45) is 5.92 Å². The van der Waals surface area contributed by atoms with Crippen LogP contribution in [0.3, 0.4) is 0 Å². The molecule has 0 saturated carbocycles. The third-order valence-corrected chi connectivity index (χ3v) is 3.19. The Hall–Kier alpha value is -1.71. The summed E-state index contributed by atoms with van der Waals surface area (Å²) in [5.41, 5.74) is 0.805. The van der Waals surface area contributed by atoms with Gasteiger partial charge in [0.25, 0.3) is 6.08 Å². The number of unbranched alkanes of at least 4 members (excludes halogenated alkanes) is 1. The van der Waals surface area contributed by atoms with Gasteiger partial charge in [0.2, 0.25) is 5.91 Å². The highest BCUT2D eigenvalue weighted by atomic mass is 19.3. The number of carbonyl (C=O) groups excluding carboxylic acids is 1. The lowest BCUT2D eigenvalue weighted by Crippen LogP contribution is -2.29. The predicted molar refractivity (Wildman–Crippen MR) is 67.2 cm³/mol. The summed E-state index contributed by atoms with van der Waals surface area (Å²) < 4.78 is 26.3. The van der Waals surface area contributed by atoms with Gasteiger partial charge >= 0.3 is 0 Å². The van der Waals surface area contributed by atoms with Gasteiger partial charge in [-0.1, -0.05) is 38.0 Å². The number of nitrogens with one attached hydrogen (secondary N) is 1. The molecule has 0 saturated heterocycles. The first kappa shape index (κ1) is 12.7. The third-order valence-electron chi connectivity index (χ3n) is 3.19. The molecule has 1 N–H and O–H groups in total. The van der Waals surface area contributed by atoms with Crippen molar-refractivity contribution >= 4 is 17.2 Å². The number of fused-ring (bicyclic) bond motifs is 1. The molecule has 0 radical (unpaired) electrons. The van der Waals surface area contributed by atoms with E-state index in [-0.39, 0.29) is 11.5 Å². The van der Waals surface area contributed by atoms with Crippen LogP contribution >= 0.6 is 0 Å². The lowest BCUT2D eigenvalue weighted by molar-refractivity contribution is -0.118. The minimum Gasteiger partial charge on any atom is -0.325 e. The van der Waals surface area contributed by atoms with Crippen LogP contribution in [0.1, 0.15) is 31.7 Å². The second-order valence-corrected chi connectivity index (χ2v) is 4.40. The highest BCUT2D eigenvalue weighted by molar-refractivity contribution is 6.07. The molecule has 0 aromatic heterocycles. The molecule has 1 aliphatic rings. The first-order valence-electron chi connectivity index (χ1n) is 6.10. The molecule has 4 heteroatoms. The maximum absolute atomic E-state index is 13.1. The standard InChI is InChI=1S/C14H15F2NO/c1-2-3-6-10-12(13(15)16)9-7-4-5-8-11(9)17-14(10)18/h4-5,7-8,10H,2-3,6H2,1H3,(H,17,18)/t10-/m0/s1. The number of anilines is 1. The number of amides is 1. The van der Waals surface area contributed by atoms with Crippen molar-refractivity contribution in [3.63, 3.8) is 0 Å². The number of halogens is 2. The van der Waals surface area contributed by atoms with E-state index in [9.17, 15) is 13.6 Å². The van der Waals surface area contributed by atoms with E-state index in [0.29, 0.717) is 17.7 Å². The second-order valence-electron chi connectivity index (χ2n) is 4.40. The smallest absolute Gasteiger partial charge is 0.274 e. The normalized spacial score (nSPS) is 18.3. The van der Waals surface area contributed by atoms with Crippen molar-refractivity contribution in [3.8, 4) is 0 Å². The van der Waals surface area contributed by atoms with E-state index >= 15 is 0 Å². The van der Waals surface area contributed by atoms with Crippen molar-refractivity contribution in [2.75, 3.05) is 5.32 Å². The quantitative estimate of drug-likeness (QED) is 0.862. The Morgan fingerprint density at radius 3 is 2.72 bits per heavy atom. The summed E-state index contributed by atoms with van der Waals surface area (Å²) in [6.07, 6.45) is 0.353. The van der Waals surface area contributed by atoms with Crippen LogP contribution in [0.25, 0.3) is 5.57 Å². The average molecular weight is 251 g/mol. The molecule has 1 atom stereocenters. The molecule has 1 aliphatic heterocycles. The molecule has 18 heavy (non-hydrogen) atoms. The Kier molecular flexibility index (Phi) is 3.75. The molecule has 0 fully saturated rings.